The largest absolute Gasteiger partial charge is 0.462 e. The standard InChI is InChI=1S/C15H21NO4S/c1-8(2)20-13(19)7-21-6-12(18)15-9(3)14(11(5)17)10(4)16-15/h8,16H,6-7H2,1-5H3. The third-order valence-corrected chi connectivity index (χ3v) is 3.79. The van der Waals surface area contributed by atoms with Gasteiger partial charge in [0.1, 0.15) is 0 Å². The average molecular weight is 311 g/mol. The summed E-state index contributed by atoms with van der Waals surface area (Å²) >= 11 is 1.21. The Bertz CT molecular complexity index is 560. The van der Waals surface area contributed by atoms with E-state index in [4.69, 9.17) is 4.74 Å². The van der Waals surface area contributed by atoms with E-state index in [1.807, 2.05) is 0 Å². The summed E-state index contributed by atoms with van der Waals surface area (Å²) in [6.07, 6.45) is -0.153. The van der Waals surface area contributed by atoms with Gasteiger partial charge in [0.25, 0.3) is 0 Å². The number of carbonyl (C=O) groups excluding carboxylic acids is 3. The lowest BCUT2D eigenvalue weighted by Gasteiger charge is -2.07. The summed E-state index contributed by atoms with van der Waals surface area (Å²) in [5, 5.41) is 0. The molecule has 5 nitrogen and oxygen atoms in total. The number of Topliss-reactive ketones (excluding diaryl/α,β-unsaturated/α-hetero) is 2. The van der Waals surface area contributed by atoms with Crippen LogP contribution < -0.4 is 0 Å². The number of H-pyrrole nitrogens is 1. The molecule has 6 heteroatoms. The van der Waals surface area contributed by atoms with Crippen molar-refractivity contribution in [3.8, 4) is 0 Å². The fourth-order valence-corrected chi connectivity index (χ4v) is 2.82. The molecule has 0 aliphatic carbocycles. The van der Waals surface area contributed by atoms with Gasteiger partial charge in [0.2, 0.25) is 0 Å². The van der Waals surface area contributed by atoms with E-state index in [-0.39, 0.29) is 35.1 Å². The molecule has 1 heterocycles. The van der Waals surface area contributed by atoms with Crippen LogP contribution >= 0.6 is 11.8 Å². The van der Waals surface area contributed by atoms with Crippen LogP contribution in [0.2, 0.25) is 0 Å². The molecule has 0 radical (unpaired) electrons. The highest BCUT2D eigenvalue weighted by Gasteiger charge is 2.20. The molecule has 0 fully saturated rings. The van der Waals surface area contributed by atoms with Crippen LogP contribution in [0.4, 0.5) is 0 Å². The third kappa shape index (κ3) is 4.74. The molecule has 0 unspecified atom stereocenters. The highest BCUT2D eigenvalue weighted by molar-refractivity contribution is 8.00. The lowest BCUT2D eigenvalue weighted by Crippen LogP contribution is -2.15. The fourth-order valence-electron chi connectivity index (χ4n) is 2.15. The average Bonchev–Trinajstić information content (AvgIpc) is 2.63. The van der Waals surface area contributed by atoms with Crippen molar-refractivity contribution in [3.05, 3.63) is 22.5 Å². The van der Waals surface area contributed by atoms with Gasteiger partial charge in [-0.3, -0.25) is 14.4 Å². The second-order valence-corrected chi connectivity index (χ2v) is 6.12. The van der Waals surface area contributed by atoms with Crippen molar-refractivity contribution in [2.24, 2.45) is 0 Å². The Morgan fingerprint density at radius 1 is 1.19 bits per heavy atom. The van der Waals surface area contributed by atoms with Crippen LogP contribution in [0.15, 0.2) is 0 Å². The van der Waals surface area contributed by atoms with Gasteiger partial charge in [-0.1, -0.05) is 0 Å². The Morgan fingerprint density at radius 3 is 2.29 bits per heavy atom. The summed E-state index contributed by atoms with van der Waals surface area (Å²) in [4.78, 5) is 38.0. The van der Waals surface area contributed by atoms with Crippen molar-refractivity contribution >= 4 is 29.3 Å². The van der Waals surface area contributed by atoms with Crippen molar-refractivity contribution in [1.29, 1.82) is 0 Å². The van der Waals surface area contributed by atoms with Crippen LogP contribution in [-0.4, -0.2) is 40.1 Å². The SMILES string of the molecule is CC(=O)c1c(C)[nH]c(C(=O)CSCC(=O)OC(C)C)c1C. The number of ether oxygens (including phenoxy) is 1. The van der Waals surface area contributed by atoms with E-state index in [1.165, 1.54) is 18.7 Å². The molecule has 0 spiro atoms. The second kappa shape index (κ2) is 7.45. The van der Waals surface area contributed by atoms with E-state index in [0.29, 0.717) is 22.5 Å². The highest BCUT2D eigenvalue weighted by Crippen LogP contribution is 2.20. The van der Waals surface area contributed by atoms with Crippen LogP contribution in [0, 0.1) is 13.8 Å². The molecular weight excluding hydrogens is 290 g/mol. The zero-order valence-electron chi connectivity index (χ0n) is 13.0. The molecule has 0 atom stereocenters. The molecule has 0 aliphatic heterocycles. The number of nitrogens with one attached hydrogen (secondary N) is 1. The first-order chi connectivity index (χ1) is 9.73. The molecule has 21 heavy (non-hydrogen) atoms. The van der Waals surface area contributed by atoms with E-state index in [1.54, 1.807) is 27.7 Å². The van der Waals surface area contributed by atoms with Crippen LogP contribution in [0.3, 0.4) is 0 Å². The number of aromatic amines is 1. The molecule has 1 aromatic heterocycles. The molecule has 0 amide bonds. The van der Waals surface area contributed by atoms with Crippen molar-refractivity contribution < 1.29 is 19.1 Å². The number of esters is 1. The normalized spacial score (nSPS) is 10.8. The van der Waals surface area contributed by atoms with Gasteiger partial charge in [-0.25, -0.2) is 0 Å². The van der Waals surface area contributed by atoms with Gasteiger partial charge in [-0.05, 0) is 40.2 Å². The molecule has 1 aromatic rings. The molecule has 0 saturated carbocycles. The van der Waals surface area contributed by atoms with E-state index in [9.17, 15) is 14.4 Å². The first kappa shape index (κ1) is 17.5. The first-order valence-electron chi connectivity index (χ1n) is 6.74. The molecule has 116 valence electrons. The first-order valence-corrected chi connectivity index (χ1v) is 7.90. The Balaban J connectivity index is 2.63. The van der Waals surface area contributed by atoms with E-state index < -0.39 is 0 Å². The number of thioether (sulfide) groups is 1. The minimum absolute atomic E-state index is 0.0616. The lowest BCUT2D eigenvalue weighted by atomic mass is 10.1. The molecule has 0 bridgehead atoms. The minimum atomic E-state index is -0.327. The van der Waals surface area contributed by atoms with Gasteiger partial charge in [0.15, 0.2) is 11.6 Å². The van der Waals surface area contributed by atoms with Gasteiger partial charge < -0.3 is 9.72 Å². The maximum absolute atomic E-state index is 12.1. The Kier molecular flexibility index (Phi) is 6.20. The predicted molar refractivity (Wildman–Crippen MR) is 83.2 cm³/mol. The summed E-state index contributed by atoms with van der Waals surface area (Å²) in [6, 6.07) is 0. The van der Waals surface area contributed by atoms with Gasteiger partial charge in [0.05, 0.1) is 23.3 Å². The molecule has 0 saturated heterocycles. The highest BCUT2D eigenvalue weighted by atomic mass is 32.2. The monoisotopic (exact) mass is 311 g/mol. The molecule has 1 rings (SSSR count). The lowest BCUT2D eigenvalue weighted by molar-refractivity contribution is -0.144. The van der Waals surface area contributed by atoms with E-state index >= 15 is 0 Å². The van der Waals surface area contributed by atoms with Crippen molar-refractivity contribution in [2.75, 3.05) is 11.5 Å². The van der Waals surface area contributed by atoms with E-state index in [2.05, 4.69) is 4.98 Å². The number of aromatic nitrogens is 1. The predicted octanol–water partition coefficient (Wildman–Crippen LogP) is 2.70. The molecule has 1 N–H and O–H groups in total. The number of hydrogen-bond acceptors (Lipinski definition) is 5. The number of hydrogen-bond donors (Lipinski definition) is 1. The summed E-state index contributed by atoms with van der Waals surface area (Å²) in [5.41, 5.74) is 2.40. The Morgan fingerprint density at radius 2 is 1.81 bits per heavy atom. The van der Waals surface area contributed by atoms with Gasteiger partial charge >= 0.3 is 5.97 Å². The van der Waals surface area contributed by atoms with Gasteiger partial charge in [-0.2, -0.15) is 0 Å². The van der Waals surface area contributed by atoms with E-state index in [0.717, 1.165) is 0 Å². The zero-order valence-corrected chi connectivity index (χ0v) is 13.8. The van der Waals surface area contributed by atoms with Crippen LogP contribution in [0.25, 0.3) is 0 Å². The smallest absolute Gasteiger partial charge is 0.316 e. The maximum atomic E-state index is 12.1. The fraction of sp³-hybridized carbons (Fsp3) is 0.533. The molecule has 0 aromatic carbocycles. The van der Waals surface area contributed by atoms with Crippen molar-refractivity contribution in [1.82, 2.24) is 4.98 Å². The summed E-state index contributed by atoms with van der Waals surface area (Å²) in [6.45, 7) is 8.57. The Hall–Kier alpha value is -1.56. The van der Waals surface area contributed by atoms with Crippen LogP contribution in [0.1, 0.15) is 52.9 Å². The third-order valence-electron chi connectivity index (χ3n) is 2.89. The molecular formula is C15H21NO4S. The second-order valence-electron chi connectivity index (χ2n) is 5.14. The zero-order chi connectivity index (χ0) is 16.2. The summed E-state index contributed by atoms with van der Waals surface area (Å²) < 4.78 is 4.99. The summed E-state index contributed by atoms with van der Waals surface area (Å²) in [7, 11) is 0. The number of rotatable bonds is 7. The van der Waals surface area contributed by atoms with Gasteiger partial charge in [0, 0.05) is 11.3 Å². The van der Waals surface area contributed by atoms with Crippen molar-refractivity contribution in [2.45, 2.75) is 40.7 Å². The Labute approximate surface area is 128 Å². The minimum Gasteiger partial charge on any atom is -0.462 e. The quantitative estimate of drug-likeness (QED) is 0.619. The molecule has 0 aliphatic rings. The summed E-state index contributed by atoms with van der Waals surface area (Å²) in [5.74, 6) is -0.196. The maximum Gasteiger partial charge on any atom is 0.316 e. The van der Waals surface area contributed by atoms with Crippen LogP contribution in [0.5, 0.6) is 0 Å². The topological polar surface area (TPSA) is 76.2 Å². The van der Waals surface area contributed by atoms with Gasteiger partial charge in [-0.15, -0.1) is 11.8 Å². The van der Waals surface area contributed by atoms with Crippen molar-refractivity contribution in [3.63, 3.8) is 0 Å². The van der Waals surface area contributed by atoms with Crippen LogP contribution in [-0.2, 0) is 9.53 Å². The number of carbonyl (C=O) groups is 3. The number of aryl methyl sites for hydroxylation is 1. The number of ketones is 2.